The summed E-state index contributed by atoms with van der Waals surface area (Å²) in [4.78, 5) is 8.77. The lowest BCUT2D eigenvalue weighted by atomic mass is 10.1. The van der Waals surface area contributed by atoms with Crippen molar-refractivity contribution in [3.63, 3.8) is 0 Å². The van der Waals surface area contributed by atoms with Gasteiger partial charge in [0.1, 0.15) is 11.3 Å². The summed E-state index contributed by atoms with van der Waals surface area (Å²) < 4.78 is 19.7. The maximum Gasteiger partial charge on any atom is 0.149 e. The molecule has 124 valence electrons. The van der Waals surface area contributed by atoms with Crippen LogP contribution in [-0.2, 0) is 4.74 Å². The summed E-state index contributed by atoms with van der Waals surface area (Å²) >= 11 is 0. The third kappa shape index (κ3) is 3.62. The molecule has 2 heterocycles. The van der Waals surface area contributed by atoms with E-state index in [1.165, 1.54) is 6.07 Å². The van der Waals surface area contributed by atoms with Gasteiger partial charge in [-0.15, -0.1) is 0 Å². The van der Waals surface area contributed by atoms with Gasteiger partial charge >= 0.3 is 0 Å². The van der Waals surface area contributed by atoms with E-state index in [2.05, 4.69) is 28.6 Å². The molecule has 0 unspecified atom stereocenters. The number of likely N-dealkylation sites (N-methyl/N-ethyl adjacent to an activating group) is 1. The molecule has 2 aromatic rings. The number of ether oxygens (including phenoxy) is 1. The number of para-hydroxylation sites is 1. The van der Waals surface area contributed by atoms with Crippen molar-refractivity contribution in [3.8, 4) is 0 Å². The standard InChI is InChI=1S/C18H24FN3O/c1-13-11-22(12-14(2)23-13)10-9-21(3)17-7-8-20-18-15(17)5-4-6-16(18)19/h4-8,13-14H,9-12H2,1-3H3/t13-,14+. The van der Waals surface area contributed by atoms with E-state index in [4.69, 9.17) is 4.74 Å². The third-order valence-corrected chi connectivity index (χ3v) is 4.36. The van der Waals surface area contributed by atoms with Gasteiger partial charge in [0.2, 0.25) is 0 Å². The Morgan fingerprint density at radius 3 is 2.74 bits per heavy atom. The summed E-state index contributed by atoms with van der Waals surface area (Å²) in [5.41, 5.74) is 1.45. The molecule has 1 aliphatic rings. The van der Waals surface area contributed by atoms with Crippen LogP contribution in [0, 0.1) is 5.82 Å². The smallest absolute Gasteiger partial charge is 0.149 e. The monoisotopic (exact) mass is 317 g/mol. The summed E-state index contributed by atoms with van der Waals surface area (Å²) in [6, 6.07) is 7.07. The minimum absolute atomic E-state index is 0.270. The number of aromatic nitrogens is 1. The molecule has 1 saturated heterocycles. The maximum atomic E-state index is 13.9. The normalized spacial score (nSPS) is 22.4. The molecular formula is C18H24FN3O. The van der Waals surface area contributed by atoms with Crippen LogP contribution in [0.25, 0.3) is 10.9 Å². The number of fused-ring (bicyclic) bond motifs is 1. The molecule has 0 aliphatic carbocycles. The van der Waals surface area contributed by atoms with Crippen molar-refractivity contribution in [1.29, 1.82) is 0 Å². The van der Waals surface area contributed by atoms with Gasteiger partial charge in [0, 0.05) is 50.5 Å². The van der Waals surface area contributed by atoms with E-state index in [1.807, 2.05) is 19.2 Å². The molecule has 0 amide bonds. The first-order chi connectivity index (χ1) is 11.0. The van der Waals surface area contributed by atoms with E-state index < -0.39 is 0 Å². The second-order valence-corrected chi connectivity index (χ2v) is 6.40. The number of hydrogen-bond donors (Lipinski definition) is 0. The largest absolute Gasteiger partial charge is 0.373 e. The lowest BCUT2D eigenvalue weighted by molar-refractivity contribution is -0.0670. The molecule has 1 aromatic carbocycles. The second-order valence-electron chi connectivity index (χ2n) is 6.40. The van der Waals surface area contributed by atoms with Crippen molar-refractivity contribution in [2.45, 2.75) is 26.1 Å². The molecule has 5 heteroatoms. The first-order valence-corrected chi connectivity index (χ1v) is 8.17. The molecule has 0 bridgehead atoms. The minimum atomic E-state index is -0.270. The van der Waals surface area contributed by atoms with E-state index in [-0.39, 0.29) is 18.0 Å². The third-order valence-electron chi connectivity index (χ3n) is 4.36. The van der Waals surface area contributed by atoms with Crippen LogP contribution in [-0.4, -0.2) is 55.3 Å². The number of benzene rings is 1. The van der Waals surface area contributed by atoms with Gasteiger partial charge in [-0.05, 0) is 26.0 Å². The molecule has 4 nitrogen and oxygen atoms in total. The molecule has 1 aliphatic heterocycles. The predicted octanol–water partition coefficient (Wildman–Crippen LogP) is 2.92. The lowest BCUT2D eigenvalue weighted by Crippen LogP contribution is -2.47. The highest BCUT2D eigenvalue weighted by molar-refractivity contribution is 5.91. The molecule has 0 radical (unpaired) electrons. The predicted molar refractivity (Wildman–Crippen MR) is 91.4 cm³/mol. The SMILES string of the molecule is C[C@@H]1CN(CCN(C)c2ccnc3c(F)cccc23)C[C@H](C)O1. The van der Waals surface area contributed by atoms with Gasteiger partial charge in [-0.1, -0.05) is 12.1 Å². The van der Waals surface area contributed by atoms with Crippen LogP contribution >= 0.6 is 0 Å². The first kappa shape index (κ1) is 16.1. The van der Waals surface area contributed by atoms with Crippen LogP contribution in [0.5, 0.6) is 0 Å². The summed E-state index contributed by atoms with van der Waals surface area (Å²) in [6.45, 7) is 8.01. The lowest BCUT2D eigenvalue weighted by Gasteiger charge is -2.36. The van der Waals surface area contributed by atoms with E-state index in [0.29, 0.717) is 5.52 Å². The number of pyridine rings is 1. The number of morpholine rings is 1. The van der Waals surface area contributed by atoms with Crippen molar-refractivity contribution in [3.05, 3.63) is 36.3 Å². The fourth-order valence-corrected chi connectivity index (χ4v) is 3.34. The van der Waals surface area contributed by atoms with Gasteiger partial charge in [-0.2, -0.15) is 0 Å². The molecule has 0 N–H and O–H groups in total. The average Bonchev–Trinajstić information content (AvgIpc) is 2.52. The topological polar surface area (TPSA) is 28.6 Å². The van der Waals surface area contributed by atoms with Crippen LogP contribution in [0.1, 0.15) is 13.8 Å². The van der Waals surface area contributed by atoms with Crippen LogP contribution in [0.3, 0.4) is 0 Å². The quantitative estimate of drug-likeness (QED) is 0.867. The van der Waals surface area contributed by atoms with Crippen LogP contribution in [0.15, 0.2) is 30.5 Å². The number of hydrogen-bond acceptors (Lipinski definition) is 4. The number of anilines is 1. The number of nitrogens with zero attached hydrogens (tertiary/aromatic N) is 3. The summed E-state index contributed by atoms with van der Waals surface area (Å²) in [5, 5.41) is 0.860. The van der Waals surface area contributed by atoms with Crippen molar-refractivity contribution in [2.75, 3.05) is 38.1 Å². The van der Waals surface area contributed by atoms with Crippen molar-refractivity contribution < 1.29 is 9.13 Å². The summed E-state index contributed by atoms with van der Waals surface area (Å²) in [7, 11) is 2.05. The average molecular weight is 317 g/mol. The van der Waals surface area contributed by atoms with Crippen LogP contribution in [0.4, 0.5) is 10.1 Å². The molecule has 2 atom stereocenters. The molecule has 1 fully saturated rings. The van der Waals surface area contributed by atoms with Crippen molar-refractivity contribution in [2.24, 2.45) is 0 Å². The first-order valence-electron chi connectivity index (χ1n) is 8.17. The summed E-state index contributed by atoms with van der Waals surface area (Å²) in [5.74, 6) is -0.270. The molecule has 3 rings (SSSR count). The maximum absolute atomic E-state index is 13.9. The van der Waals surface area contributed by atoms with Crippen molar-refractivity contribution in [1.82, 2.24) is 9.88 Å². The van der Waals surface area contributed by atoms with E-state index in [0.717, 1.165) is 37.3 Å². The van der Waals surface area contributed by atoms with Gasteiger partial charge in [0.15, 0.2) is 0 Å². The molecular weight excluding hydrogens is 293 g/mol. The zero-order valence-electron chi connectivity index (χ0n) is 14.0. The Bertz CT molecular complexity index is 668. The molecule has 0 saturated carbocycles. The van der Waals surface area contributed by atoms with Gasteiger partial charge in [-0.25, -0.2) is 4.39 Å². The molecule has 23 heavy (non-hydrogen) atoms. The fourth-order valence-electron chi connectivity index (χ4n) is 3.34. The Labute approximate surface area is 136 Å². The van der Waals surface area contributed by atoms with Crippen molar-refractivity contribution >= 4 is 16.6 Å². The molecule has 0 spiro atoms. The van der Waals surface area contributed by atoms with Crippen LogP contribution in [0.2, 0.25) is 0 Å². The van der Waals surface area contributed by atoms with E-state index in [9.17, 15) is 4.39 Å². The summed E-state index contributed by atoms with van der Waals surface area (Å²) in [6.07, 6.45) is 2.23. The van der Waals surface area contributed by atoms with E-state index >= 15 is 0 Å². The highest BCUT2D eigenvalue weighted by Gasteiger charge is 2.22. The zero-order valence-corrected chi connectivity index (χ0v) is 14.0. The van der Waals surface area contributed by atoms with Gasteiger partial charge < -0.3 is 9.64 Å². The fraction of sp³-hybridized carbons (Fsp3) is 0.500. The Morgan fingerprint density at radius 2 is 2.00 bits per heavy atom. The Kier molecular flexibility index (Phi) is 4.78. The number of halogens is 1. The van der Waals surface area contributed by atoms with E-state index in [1.54, 1.807) is 12.3 Å². The Balaban J connectivity index is 1.71. The van der Waals surface area contributed by atoms with Gasteiger partial charge in [-0.3, -0.25) is 9.88 Å². The Hall–Kier alpha value is -1.72. The molecule has 1 aromatic heterocycles. The minimum Gasteiger partial charge on any atom is -0.373 e. The van der Waals surface area contributed by atoms with Crippen LogP contribution < -0.4 is 4.90 Å². The van der Waals surface area contributed by atoms with Gasteiger partial charge in [0.05, 0.1) is 12.2 Å². The number of rotatable bonds is 4. The second kappa shape index (κ2) is 6.81. The highest BCUT2D eigenvalue weighted by atomic mass is 19.1. The Morgan fingerprint density at radius 1 is 1.26 bits per heavy atom. The van der Waals surface area contributed by atoms with Gasteiger partial charge in [0.25, 0.3) is 0 Å². The zero-order chi connectivity index (χ0) is 16.4. The highest BCUT2D eigenvalue weighted by Crippen LogP contribution is 2.26.